The number of methoxy groups -OCH3 is 2. The van der Waals surface area contributed by atoms with Crippen LogP contribution in [0.1, 0.15) is 31.1 Å². The van der Waals surface area contributed by atoms with E-state index >= 15 is 0 Å². The van der Waals surface area contributed by atoms with Crippen LogP contribution in [0.2, 0.25) is 0 Å². The lowest BCUT2D eigenvalue weighted by Gasteiger charge is -2.21. The van der Waals surface area contributed by atoms with Crippen LogP contribution in [0.5, 0.6) is 11.5 Å². The SMILES string of the molecule is COc1c(C=O)cc(NC(=O)OC(C)(C)C)c(OC)c1F. The molecule has 0 bridgehead atoms. The van der Waals surface area contributed by atoms with E-state index in [0.717, 1.165) is 0 Å². The van der Waals surface area contributed by atoms with Crippen molar-refractivity contribution in [3.05, 3.63) is 17.4 Å². The van der Waals surface area contributed by atoms with E-state index in [1.165, 1.54) is 20.3 Å². The van der Waals surface area contributed by atoms with Gasteiger partial charge >= 0.3 is 6.09 Å². The van der Waals surface area contributed by atoms with Gasteiger partial charge < -0.3 is 14.2 Å². The van der Waals surface area contributed by atoms with Crippen LogP contribution in [0.4, 0.5) is 14.9 Å². The fourth-order valence-corrected chi connectivity index (χ4v) is 1.64. The van der Waals surface area contributed by atoms with Crippen molar-refractivity contribution >= 4 is 18.1 Å². The van der Waals surface area contributed by atoms with Crippen LogP contribution in [0.3, 0.4) is 0 Å². The minimum atomic E-state index is -0.879. The third-order valence-corrected chi connectivity index (χ3v) is 2.38. The van der Waals surface area contributed by atoms with E-state index < -0.39 is 17.5 Å². The van der Waals surface area contributed by atoms with Crippen molar-refractivity contribution in [1.82, 2.24) is 0 Å². The summed E-state index contributed by atoms with van der Waals surface area (Å²) in [5, 5.41) is 2.34. The Kier molecular flexibility index (Phi) is 5.12. The zero-order valence-electron chi connectivity index (χ0n) is 12.6. The molecule has 0 radical (unpaired) electrons. The summed E-state index contributed by atoms with van der Waals surface area (Å²) in [6.45, 7) is 5.07. The Morgan fingerprint density at radius 3 is 2.24 bits per heavy atom. The molecule has 0 unspecified atom stereocenters. The number of hydrogen-bond acceptors (Lipinski definition) is 5. The fraction of sp³-hybridized carbons (Fsp3) is 0.429. The van der Waals surface area contributed by atoms with Crippen molar-refractivity contribution in [2.45, 2.75) is 26.4 Å². The molecule has 0 aliphatic heterocycles. The standard InChI is InChI=1S/C14H18FNO5/c1-14(2,3)21-13(18)16-9-6-8(7-17)11(19-4)10(15)12(9)20-5/h6-7H,1-5H3,(H,16,18). The van der Waals surface area contributed by atoms with E-state index in [9.17, 15) is 14.0 Å². The quantitative estimate of drug-likeness (QED) is 0.865. The number of nitrogens with one attached hydrogen (secondary N) is 1. The summed E-state index contributed by atoms with van der Waals surface area (Å²) in [6, 6.07) is 1.25. The van der Waals surface area contributed by atoms with Gasteiger partial charge in [-0.25, -0.2) is 4.79 Å². The molecule has 0 heterocycles. The lowest BCUT2D eigenvalue weighted by atomic mass is 10.1. The molecule has 6 nitrogen and oxygen atoms in total. The molecule has 0 aromatic heterocycles. The lowest BCUT2D eigenvalue weighted by Crippen LogP contribution is -2.27. The number of carbonyl (C=O) groups is 2. The monoisotopic (exact) mass is 299 g/mol. The molecule has 116 valence electrons. The van der Waals surface area contributed by atoms with Crippen LogP contribution in [-0.2, 0) is 4.74 Å². The van der Waals surface area contributed by atoms with E-state index in [1.54, 1.807) is 20.8 Å². The lowest BCUT2D eigenvalue weighted by molar-refractivity contribution is 0.0635. The number of carbonyl (C=O) groups excluding carboxylic acids is 2. The third kappa shape index (κ3) is 4.08. The summed E-state index contributed by atoms with van der Waals surface area (Å²) in [6.07, 6.45) is -0.371. The molecule has 0 fully saturated rings. The average Bonchev–Trinajstić information content (AvgIpc) is 2.36. The Morgan fingerprint density at radius 2 is 1.81 bits per heavy atom. The predicted molar refractivity (Wildman–Crippen MR) is 74.7 cm³/mol. The van der Waals surface area contributed by atoms with E-state index in [-0.39, 0.29) is 22.7 Å². The second kappa shape index (κ2) is 6.43. The molecular weight excluding hydrogens is 281 g/mol. The molecule has 0 spiro atoms. The van der Waals surface area contributed by atoms with Crippen molar-refractivity contribution in [2.75, 3.05) is 19.5 Å². The Labute approximate surface area is 122 Å². The minimum absolute atomic E-state index is 0.0212. The number of benzene rings is 1. The summed E-state index contributed by atoms with van der Waals surface area (Å²) < 4.78 is 29.0. The van der Waals surface area contributed by atoms with Gasteiger partial charge in [-0.2, -0.15) is 4.39 Å². The van der Waals surface area contributed by atoms with Gasteiger partial charge in [-0.3, -0.25) is 10.1 Å². The maximum atomic E-state index is 14.2. The highest BCUT2D eigenvalue weighted by molar-refractivity contribution is 5.91. The first kappa shape index (κ1) is 16.7. The summed E-state index contributed by atoms with van der Waals surface area (Å²) >= 11 is 0. The first-order valence-electron chi connectivity index (χ1n) is 6.13. The van der Waals surface area contributed by atoms with Crippen LogP contribution >= 0.6 is 0 Å². The summed E-state index contributed by atoms with van der Waals surface area (Å²) in [7, 11) is 2.46. The van der Waals surface area contributed by atoms with Gasteiger partial charge in [0, 0.05) is 0 Å². The number of rotatable bonds is 4. The van der Waals surface area contributed by atoms with Gasteiger partial charge in [0.1, 0.15) is 5.60 Å². The second-order valence-electron chi connectivity index (χ2n) is 5.14. The normalized spacial score (nSPS) is 10.8. The Balaban J connectivity index is 3.20. The molecule has 0 aliphatic rings. The highest BCUT2D eigenvalue weighted by Gasteiger charge is 2.23. The highest BCUT2D eigenvalue weighted by Crippen LogP contribution is 2.36. The van der Waals surface area contributed by atoms with Gasteiger partial charge in [0.05, 0.1) is 25.5 Å². The molecule has 7 heteroatoms. The van der Waals surface area contributed by atoms with Crippen LogP contribution in [-0.4, -0.2) is 32.2 Å². The largest absolute Gasteiger partial charge is 0.493 e. The van der Waals surface area contributed by atoms with Crippen molar-refractivity contribution in [3.63, 3.8) is 0 Å². The molecule has 0 saturated carbocycles. The molecule has 1 amide bonds. The first-order chi connectivity index (χ1) is 9.73. The number of halogens is 1. The number of ether oxygens (including phenoxy) is 3. The zero-order valence-corrected chi connectivity index (χ0v) is 12.6. The Hall–Kier alpha value is -2.31. The molecule has 0 saturated heterocycles. The maximum Gasteiger partial charge on any atom is 0.412 e. The molecular formula is C14H18FNO5. The smallest absolute Gasteiger partial charge is 0.412 e. The minimum Gasteiger partial charge on any atom is -0.493 e. The maximum absolute atomic E-state index is 14.2. The van der Waals surface area contributed by atoms with Crippen LogP contribution in [0, 0.1) is 5.82 Å². The van der Waals surface area contributed by atoms with Crippen molar-refractivity contribution < 1.29 is 28.2 Å². The molecule has 1 rings (SSSR count). The van der Waals surface area contributed by atoms with E-state index in [1.807, 2.05) is 0 Å². The van der Waals surface area contributed by atoms with Gasteiger partial charge in [0.15, 0.2) is 17.8 Å². The van der Waals surface area contributed by atoms with Gasteiger partial charge in [-0.05, 0) is 26.8 Å². The Morgan fingerprint density at radius 1 is 1.24 bits per heavy atom. The number of amides is 1. The summed E-state index contributed by atoms with van der Waals surface area (Å²) in [5.74, 6) is -1.38. The molecule has 1 N–H and O–H groups in total. The number of hydrogen-bond donors (Lipinski definition) is 1. The number of aldehydes is 1. The van der Waals surface area contributed by atoms with Crippen molar-refractivity contribution in [3.8, 4) is 11.5 Å². The van der Waals surface area contributed by atoms with Crippen LogP contribution in [0.25, 0.3) is 0 Å². The second-order valence-corrected chi connectivity index (χ2v) is 5.14. The van der Waals surface area contributed by atoms with Crippen molar-refractivity contribution in [1.29, 1.82) is 0 Å². The molecule has 21 heavy (non-hydrogen) atoms. The summed E-state index contributed by atoms with van der Waals surface area (Å²) in [5.41, 5.74) is -0.787. The number of anilines is 1. The highest BCUT2D eigenvalue weighted by atomic mass is 19.1. The predicted octanol–water partition coefficient (Wildman–Crippen LogP) is 3.00. The first-order valence-corrected chi connectivity index (χ1v) is 6.13. The zero-order chi connectivity index (χ0) is 16.2. The van der Waals surface area contributed by atoms with E-state index in [2.05, 4.69) is 5.32 Å². The van der Waals surface area contributed by atoms with E-state index in [4.69, 9.17) is 14.2 Å². The van der Waals surface area contributed by atoms with E-state index in [0.29, 0.717) is 6.29 Å². The average molecular weight is 299 g/mol. The third-order valence-electron chi connectivity index (χ3n) is 2.38. The summed E-state index contributed by atoms with van der Waals surface area (Å²) in [4.78, 5) is 22.7. The fourth-order valence-electron chi connectivity index (χ4n) is 1.64. The van der Waals surface area contributed by atoms with Gasteiger partial charge in [0.2, 0.25) is 5.82 Å². The Bertz CT molecular complexity index is 551. The van der Waals surface area contributed by atoms with Gasteiger partial charge in [-0.15, -0.1) is 0 Å². The van der Waals surface area contributed by atoms with Crippen LogP contribution in [0.15, 0.2) is 6.07 Å². The van der Waals surface area contributed by atoms with Gasteiger partial charge in [-0.1, -0.05) is 0 Å². The molecule has 0 aliphatic carbocycles. The van der Waals surface area contributed by atoms with Crippen LogP contribution < -0.4 is 14.8 Å². The molecule has 1 aromatic carbocycles. The molecule has 1 aromatic rings. The van der Waals surface area contributed by atoms with Crippen molar-refractivity contribution in [2.24, 2.45) is 0 Å². The molecule has 0 atom stereocenters. The van der Waals surface area contributed by atoms with Gasteiger partial charge in [0.25, 0.3) is 0 Å². The topological polar surface area (TPSA) is 73.9 Å².